The van der Waals surface area contributed by atoms with E-state index >= 15 is 0 Å². The van der Waals surface area contributed by atoms with Crippen molar-refractivity contribution in [3.05, 3.63) is 35.6 Å². The van der Waals surface area contributed by atoms with Gasteiger partial charge in [0.05, 0.1) is 0 Å². The third-order valence-corrected chi connectivity index (χ3v) is 4.89. The summed E-state index contributed by atoms with van der Waals surface area (Å²) in [7, 11) is 0. The second kappa shape index (κ2) is 7.40. The van der Waals surface area contributed by atoms with E-state index in [1.165, 1.54) is 44.1 Å². The van der Waals surface area contributed by atoms with E-state index in [2.05, 4.69) is 26.1 Å². The maximum Gasteiger partial charge on any atom is 0.123 e. The quantitative estimate of drug-likeness (QED) is 0.717. The molecule has 1 aliphatic rings. The van der Waals surface area contributed by atoms with Crippen LogP contribution in [0.4, 0.5) is 4.39 Å². The molecule has 0 saturated heterocycles. The van der Waals surface area contributed by atoms with Crippen LogP contribution in [-0.2, 0) is 0 Å². The number of halogens is 1. The molecule has 0 aliphatic heterocycles. The summed E-state index contributed by atoms with van der Waals surface area (Å²) in [6.07, 6.45) is 8.68. The molecule has 1 unspecified atom stereocenters. The molecule has 1 aromatic carbocycles. The molecule has 0 amide bonds. The average molecular weight is 291 g/mol. The maximum absolute atomic E-state index is 13.1. The van der Waals surface area contributed by atoms with Gasteiger partial charge in [-0.3, -0.25) is 0 Å². The van der Waals surface area contributed by atoms with Gasteiger partial charge in [-0.2, -0.15) is 0 Å². The molecular weight excluding hydrogens is 261 g/mol. The van der Waals surface area contributed by atoms with Crippen LogP contribution >= 0.6 is 0 Å². The first-order chi connectivity index (χ1) is 10.00. The Morgan fingerprint density at radius 1 is 1.19 bits per heavy atom. The van der Waals surface area contributed by atoms with Crippen molar-refractivity contribution in [1.82, 2.24) is 5.32 Å². The number of benzene rings is 1. The largest absolute Gasteiger partial charge is 0.307 e. The molecule has 1 atom stereocenters. The first-order valence-corrected chi connectivity index (χ1v) is 8.52. The highest BCUT2D eigenvalue weighted by Gasteiger charge is 2.28. The van der Waals surface area contributed by atoms with E-state index in [0.717, 1.165) is 6.42 Å². The summed E-state index contributed by atoms with van der Waals surface area (Å²) in [6.45, 7) is 6.97. The predicted octanol–water partition coefficient (Wildman–Crippen LogP) is 5.62. The lowest BCUT2D eigenvalue weighted by Gasteiger charge is -2.36. The van der Waals surface area contributed by atoms with Crippen LogP contribution in [0.2, 0.25) is 0 Å². The lowest BCUT2D eigenvalue weighted by atomic mass is 9.75. The van der Waals surface area contributed by atoms with Crippen molar-refractivity contribution in [1.29, 1.82) is 0 Å². The molecule has 1 saturated carbocycles. The van der Waals surface area contributed by atoms with Crippen LogP contribution in [0.25, 0.3) is 0 Å². The minimum Gasteiger partial charge on any atom is -0.307 e. The van der Waals surface area contributed by atoms with Gasteiger partial charge < -0.3 is 5.32 Å². The molecule has 118 valence electrons. The van der Waals surface area contributed by atoms with Crippen molar-refractivity contribution < 1.29 is 4.39 Å². The third-order valence-electron chi connectivity index (χ3n) is 4.89. The van der Waals surface area contributed by atoms with E-state index in [0.29, 0.717) is 17.5 Å². The zero-order valence-corrected chi connectivity index (χ0v) is 13.8. The number of unbranched alkanes of at least 4 members (excludes halogenated alkanes) is 1. The van der Waals surface area contributed by atoms with Crippen LogP contribution in [-0.4, -0.2) is 6.04 Å². The van der Waals surface area contributed by atoms with Gasteiger partial charge in [-0.15, -0.1) is 0 Å². The van der Waals surface area contributed by atoms with Gasteiger partial charge in [0.2, 0.25) is 0 Å². The first kappa shape index (κ1) is 16.5. The van der Waals surface area contributed by atoms with Gasteiger partial charge in [0.1, 0.15) is 5.82 Å². The minimum absolute atomic E-state index is 0.146. The van der Waals surface area contributed by atoms with Crippen LogP contribution in [0.1, 0.15) is 77.3 Å². The third kappa shape index (κ3) is 5.10. The summed E-state index contributed by atoms with van der Waals surface area (Å²) in [5.41, 5.74) is 1.74. The smallest absolute Gasteiger partial charge is 0.123 e. The van der Waals surface area contributed by atoms with Gasteiger partial charge in [-0.25, -0.2) is 4.39 Å². The number of hydrogen-bond donors (Lipinski definition) is 1. The van der Waals surface area contributed by atoms with Gasteiger partial charge in [0.25, 0.3) is 0 Å². The molecular formula is C19H30FN. The van der Waals surface area contributed by atoms with Crippen molar-refractivity contribution in [2.75, 3.05) is 0 Å². The number of nitrogens with one attached hydrogen (secondary N) is 1. The monoisotopic (exact) mass is 291 g/mol. The van der Waals surface area contributed by atoms with Crippen molar-refractivity contribution in [3.8, 4) is 0 Å². The fourth-order valence-corrected chi connectivity index (χ4v) is 3.30. The van der Waals surface area contributed by atoms with E-state index in [1.807, 2.05) is 12.1 Å². The molecule has 1 aromatic rings. The van der Waals surface area contributed by atoms with Crippen LogP contribution in [0.15, 0.2) is 24.3 Å². The van der Waals surface area contributed by atoms with Gasteiger partial charge in [0, 0.05) is 12.1 Å². The lowest BCUT2D eigenvalue weighted by Crippen LogP contribution is -2.37. The Labute approximate surface area is 129 Å². The Morgan fingerprint density at radius 3 is 2.38 bits per heavy atom. The SMILES string of the molecule is CCCCC(NC1CCC(C)(C)CC1)c1ccc(F)cc1. The van der Waals surface area contributed by atoms with E-state index < -0.39 is 0 Å². The molecule has 0 radical (unpaired) electrons. The summed E-state index contributed by atoms with van der Waals surface area (Å²) < 4.78 is 13.1. The molecule has 0 spiro atoms. The number of hydrogen-bond acceptors (Lipinski definition) is 1. The molecule has 2 rings (SSSR count). The molecule has 1 nitrogen and oxygen atoms in total. The standard InChI is InChI=1S/C19H30FN/c1-4-5-6-18(15-7-9-16(20)10-8-15)21-17-11-13-19(2,3)14-12-17/h7-10,17-18,21H,4-6,11-14H2,1-3H3. The molecule has 1 aliphatic carbocycles. The highest BCUT2D eigenvalue weighted by atomic mass is 19.1. The summed E-state index contributed by atoms with van der Waals surface area (Å²) in [5.74, 6) is -0.146. The van der Waals surface area contributed by atoms with E-state index in [9.17, 15) is 4.39 Å². The molecule has 0 heterocycles. The van der Waals surface area contributed by atoms with Crippen LogP contribution in [0, 0.1) is 11.2 Å². The fourth-order valence-electron chi connectivity index (χ4n) is 3.30. The zero-order chi connectivity index (χ0) is 15.3. The van der Waals surface area contributed by atoms with Crippen LogP contribution < -0.4 is 5.32 Å². The topological polar surface area (TPSA) is 12.0 Å². The normalized spacial score (nSPS) is 20.4. The highest BCUT2D eigenvalue weighted by Crippen LogP contribution is 2.36. The first-order valence-electron chi connectivity index (χ1n) is 8.52. The van der Waals surface area contributed by atoms with Gasteiger partial charge in [-0.05, 0) is 55.2 Å². The summed E-state index contributed by atoms with van der Waals surface area (Å²) in [6, 6.07) is 8.03. The molecule has 0 bridgehead atoms. The van der Waals surface area contributed by atoms with Crippen LogP contribution in [0.3, 0.4) is 0 Å². The lowest BCUT2D eigenvalue weighted by molar-refractivity contribution is 0.196. The Bertz CT molecular complexity index is 414. The Kier molecular flexibility index (Phi) is 5.80. The van der Waals surface area contributed by atoms with Crippen molar-refractivity contribution in [2.24, 2.45) is 5.41 Å². The second-order valence-electron chi connectivity index (χ2n) is 7.35. The minimum atomic E-state index is -0.146. The van der Waals surface area contributed by atoms with E-state index in [-0.39, 0.29) is 5.82 Å². The van der Waals surface area contributed by atoms with Gasteiger partial charge in [0.15, 0.2) is 0 Å². The fraction of sp³-hybridized carbons (Fsp3) is 0.684. The van der Waals surface area contributed by atoms with Crippen molar-refractivity contribution >= 4 is 0 Å². The second-order valence-corrected chi connectivity index (χ2v) is 7.35. The molecule has 1 N–H and O–H groups in total. The summed E-state index contributed by atoms with van der Waals surface area (Å²) in [4.78, 5) is 0. The molecule has 2 heteroatoms. The van der Waals surface area contributed by atoms with Gasteiger partial charge in [-0.1, -0.05) is 45.7 Å². The molecule has 1 fully saturated rings. The summed E-state index contributed by atoms with van der Waals surface area (Å²) >= 11 is 0. The van der Waals surface area contributed by atoms with Crippen molar-refractivity contribution in [2.45, 2.75) is 77.8 Å². The van der Waals surface area contributed by atoms with E-state index in [4.69, 9.17) is 0 Å². The Balaban J connectivity index is 1.98. The van der Waals surface area contributed by atoms with Gasteiger partial charge >= 0.3 is 0 Å². The Morgan fingerprint density at radius 2 is 1.81 bits per heavy atom. The predicted molar refractivity (Wildman–Crippen MR) is 87.8 cm³/mol. The maximum atomic E-state index is 13.1. The van der Waals surface area contributed by atoms with Crippen LogP contribution in [0.5, 0.6) is 0 Å². The highest BCUT2D eigenvalue weighted by molar-refractivity contribution is 5.20. The Hall–Kier alpha value is -0.890. The zero-order valence-electron chi connectivity index (χ0n) is 13.8. The summed E-state index contributed by atoms with van der Waals surface area (Å²) in [5, 5.41) is 3.84. The van der Waals surface area contributed by atoms with Crippen molar-refractivity contribution in [3.63, 3.8) is 0 Å². The number of rotatable bonds is 6. The molecule has 0 aromatic heterocycles. The molecule has 21 heavy (non-hydrogen) atoms. The average Bonchev–Trinajstić information content (AvgIpc) is 2.46. The van der Waals surface area contributed by atoms with E-state index in [1.54, 1.807) is 12.1 Å².